The molecule has 0 saturated carbocycles. The summed E-state index contributed by atoms with van der Waals surface area (Å²) in [4.78, 5) is 21.6. The summed E-state index contributed by atoms with van der Waals surface area (Å²) in [5.41, 5.74) is 0.967. The monoisotopic (exact) mass is 277 g/mol. The third-order valence-electron chi connectivity index (χ3n) is 2.52. The number of hydrogen-bond acceptors (Lipinski definition) is 6. The lowest BCUT2D eigenvalue weighted by Crippen LogP contribution is -2.19. The second kappa shape index (κ2) is 7.95. The van der Waals surface area contributed by atoms with E-state index in [1.54, 1.807) is 20.1 Å². The molecule has 0 aliphatic heterocycles. The maximum atomic E-state index is 11.0. The van der Waals surface area contributed by atoms with Crippen LogP contribution in [0.25, 0.3) is 6.08 Å². The van der Waals surface area contributed by atoms with Crippen molar-refractivity contribution < 1.29 is 14.5 Å². The van der Waals surface area contributed by atoms with Crippen molar-refractivity contribution in [2.24, 2.45) is 0 Å². The van der Waals surface area contributed by atoms with Gasteiger partial charge in [0.2, 0.25) is 0 Å². The van der Waals surface area contributed by atoms with E-state index in [1.165, 1.54) is 25.3 Å². The van der Waals surface area contributed by atoms with E-state index in [1.807, 2.05) is 0 Å². The minimum absolute atomic E-state index is 0.0341. The summed E-state index contributed by atoms with van der Waals surface area (Å²) in [7, 11) is 3.07. The molecular formula is C12H16BN3O4. The molecule has 0 bridgehead atoms. The topological polar surface area (TPSA) is 93.5 Å². The van der Waals surface area contributed by atoms with Gasteiger partial charge in [0.15, 0.2) is 7.98 Å². The summed E-state index contributed by atoms with van der Waals surface area (Å²) in [6, 6.07) is 4.71. The van der Waals surface area contributed by atoms with Crippen molar-refractivity contribution in [3.05, 3.63) is 40.0 Å². The van der Waals surface area contributed by atoms with Gasteiger partial charge in [-0.25, -0.2) is 4.79 Å². The van der Waals surface area contributed by atoms with Crippen molar-refractivity contribution in [3.63, 3.8) is 0 Å². The minimum Gasteiger partial charge on any atom is -0.466 e. The van der Waals surface area contributed by atoms with Crippen LogP contribution in [0.15, 0.2) is 24.3 Å². The molecule has 0 atom stereocenters. The standard InChI is InChI=1S/C12H16BN3O4/c1-20-12(17)5-3-9-2-4-10(14-6-7-15-13)11(8-9)16(18)19/h2-5,8,14-15H,6-7,13H2,1H3/b5-3+. The summed E-state index contributed by atoms with van der Waals surface area (Å²) < 4.78 is 4.46. The second-order valence-electron chi connectivity index (χ2n) is 3.92. The van der Waals surface area contributed by atoms with Crippen LogP contribution >= 0.6 is 0 Å². The van der Waals surface area contributed by atoms with E-state index in [0.29, 0.717) is 24.3 Å². The fraction of sp³-hybridized carbons (Fsp3) is 0.250. The molecule has 8 heteroatoms. The lowest BCUT2D eigenvalue weighted by Gasteiger charge is -2.07. The number of benzene rings is 1. The highest BCUT2D eigenvalue weighted by atomic mass is 16.6. The quantitative estimate of drug-likeness (QED) is 0.186. The SMILES string of the molecule is BNCCNc1ccc(/C=C/C(=O)OC)cc1[N+](=O)[O-]. The van der Waals surface area contributed by atoms with Crippen molar-refractivity contribution in [1.82, 2.24) is 5.23 Å². The molecule has 0 aliphatic carbocycles. The molecule has 0 aliphatic rings. The first kappa shape index (κ1) is 15.7. The molecule has 1 aromatic carbocycles. The van der Waals surface area contributed by atoms with Gasteiger partial charge >= 0.3 is 5.97 Å². The number of carbonyl (C=O) groups excluding carboxylic acids is 1. The number of esters is 1. The number of nitro groups is 1. The zero-order valence-electron chi connectivity index (χ0n) is 11.4. The van der Waals surface area contributed by atoms with Crippen molar-refractivity contribution >= 4 is 31.4 Å². The van der Waals surface area contributed by atoms with Gasteiger partial charge in [-0.15, -0.1) is 0 Å². The van der Waals surface area contributed by atoms with E-state index in [2.05, 4.69) is 15.3 Å². The Hall–Kier alpha value is -2.35. The highest BCUT2D eigenvalue weighted by Crippen LogP contribution is 2.25. The fourth-order valence-corrected chi connectivity index (χ4v) is 1.51. The Kier molecular flexibility index (Phi) is 6.25. The largest absolute Gasteiger partial charge is 0.466 e. The number of rotatable bonds is 7. The summed E-state index contributed by atoms with van der Waals surface area (Å²) >= 11 is 0. The summed E-state index contributed by atoms with van der Waals surface area (Å²) in [5, 5.41) is 17.0. The average Bonchev–Trinajstić information content (AvgIpc) is 2.45. The summed E-state index contributed by atoms with van der Waals surface area (Å²) in [6.45, 7) is 1.27. The Morgan fingerprint density at radius 2 is 2.25 bits per heavy atom. The normalized spacial score (nSPS) is 10.4. The highest BCUT2D eigenvalue weighted by molar-refractivity contribution is 6.04. The molecular weight excluding hydrogens is 261 g/mol. The van der Waals surface area contributed by atoms with E-state index in [4.69, 9.17) is 0 Å². The third kappa shape index (κ3) is 4.73. The molecule has 0 amide bonds. The Labute approximate surface area is 117 Å². The predicted octanol–water partition coefficient (Wildman–Crippen LogP) is 0.331. The van der Waals surface area contributed by atoms with Crippen molar-refractivity contribution in [2.75, 3.05) is 25.5 Å². The van der Waals surface area contributed by atoms with Gasteiger partial charge in [-0.3, -0.25) is 10.1 Å². The minimum atomic E-state index is -0.510. The van der Waals surface area contributed by atoms with Crippen LogP contribution in [-0.4, -0.2) is 39.1 Å². The molecule has 0 saturated heterocycles. The van der Waals surface area contributed by atoms with Gasteiger partial charge in [-0.2, -0.15) is 0 Å². The number of methoxy groups -OCH3 is 1. The van der Waals surface area contributed by atoms with Gasteiger partial charge in [0, 0.05) is 25.2 Å². The fourth-order valence-electron chi connectivity index (χ4n) is 1.51. The van der Waals surface area contributed by atoms with Crippen molar-refractivity contribution in [2.45, 2.75) is 0 Å². The van der Waals surface area contributed by atoms with Gasteiger partial charge in [-0.05, 0) is 17.7 Å². The molecule has 0 aromatic heterocycles. The van der Waals surface area contributed by atoms with Crippen LogP contribution in [0.4, 0.5) is 11.4 Å². The van der Waals surface area contributed by atoms with E-state index in [-0.39, 0.29) is 5.69 Å². The van der Waals surface area contributed by atoms with Gasteiger partial charge in [0.1, 0.15) is 5.69 Å². The lowest BCUT2D eigenvalue weighted by atomic mass is 10.1. The van der Waals surface area contributed by atoms with Crippen LogP contribution < -0.4 is 10.5 Å². The number of ether oxygens (including phenoxy) is 1. The van der Waals surface area contributed by atoms with Gasteiger partial charge in [0.05, 0.1) is 12.0 Å². The molecule has 0 radical (unpaired) electrons. The first-order valence-electron chi connectivity index (χ1n) is 6.01. The Morgan fingerprint density at radius 1 is 1.50 bits per heavy atom. The Balaban J connectivity index is 2.92. The highest BCUT2D eigenvalue weighted by Gasteiger charge is 2.13. The molecule has 20 heavy (non-hydrogen) atoms. The zero-order chi connectivity index (χ0) is 15.0. The van der Waals surface area contributed by atoms with E-state index < -0.39 is 10.9 Å². The Bertz CT molecular complexity index is 519. The maximum Gasteiger partial charge on any atom is 0.330 e. The predicted molar refractivity (Wildman–Crippen MR) is 79.2 cm³/mol. The molecule has 0 unspecified atom stereocenters. The lowest BCUT2D eigenvalue weighted by molar-refractivity contribution is -0.384. The van der Waals surface area contributed by atoms with Crippen LogP contribution in [0.3, 0.4) is 0 Å². The smallest absolute Gasteiger partial charge is 0.330 e. The third-order valence-corrected chi connectivity index (χ3v) is 2.52. The number of nitrogens with one attached hydrogen (secondary N) is 2. The van der Waals surface area contributed by atoms with Gasteiger partial charge in [-0.1, -0.05) is 6.07 Å². The van der Waals surface area contributed by atoms with Crippen molar-refractivity contribution in [1.29, 1.82) is 0 Å². The maximum absolute atomic E-state index is 11.0. The van der Waals surface area contributed by atoms with E-state index >= 15 is 0 Å². The molecule has 106 valence electrons. The number of nitro benzene ring substituents is 1. The number of nitrogens with zero attached hydrogens (tertiary/aromatic N) is 1. The van der Waals surface area contributed by atoms with E-state index in [9.17, 15) is 14.9 Å². The van der Waals surface area contributed by atoms with E-state index in [0.717, 1.165) is 0 Å². The summed E-state index contributed by atoms with van der Waals surface area (Å²) in [6.07, 6.45) is 2.68. The first-order valence-corrected chi connectivity index (χ1v) is 6.01. The number of anilines is 1. The molecule has 1 rings (SSSR count). The zero-order valence-corrected chi connectivity index (χ0v) is 11.4. The molecule has 0 fully saturated rings. The molecule has 7 nitrogen and oxygen atoms in total. The number of carbonyl (C=O) groups is 1. The first-order chi connectivity index (χ1) is 9.58. The average molecular weight is 277 g/mol. The molecule has 1 aromatic rings. The van der Waals surface area contributed by atoms with Gasteiger partial charge in [0.25, 0.3) is 5.69 Å². The summed E-state index contributed by atoms with van der Waals surface area (Å²) in [5.74, 6) is -0.510. The molecule has 0 spiro atoms. The Morgan fingerprint density at radius 3 is 2.85 bits per heavy atom. The van der Waals surface area contributed by atoms with Crippen molar-refractivity contribution in [3.8, 4) is 0 Å². The van der Waals surface area contributed by atoms with Crippen LogP contribution in [0.1, 0.15) is 5.56 Å². The number of hydrogen-bond donors (Lipinski definition) is 2. The molecule has 2 N–H and O–H groups in total. The van der Waals surface area contributed by atoms with Crippen LogP contribution in [0, 0.1) is 10.1 Å². The second-order valence-corrected chi connectivity index (χ2v) is 3.92. The van der Waals surface area contributed by atoms with Crippen LogP contribution in [-0.2, 0) is 9.53 Å². The van der Waals surface area contributed by atoms with Crippen LogP contribution in [0.2, 0.25) is 0 Å². The molecule has 0 heterocycles. The van der Waals surface area contributed by atoms with Crippen LogP contribution in [0.5, 0.6) is 0 Å². The van der Waals surface area contributed by atoms with Gasteiger partial charge < -0.3 is 15.3 Å².